The molecule has 0 spiro atoms. The molecular formula is C11H14BrNO4. The Hall–Kier alpha value is -1.11. The van der Waals surface area contributed by atoms with Crippen LogP contribution in [0.25, 0.3) is 0 Å². The summed E-state index contributed by atoms with van der Waals surface area (Å²) in [5, 5.41) is 17.9. The van der Waals surface area contributed by atoms with Crippen molar-refractivity contribution in [2.45, 2.75) is 13.0 Å². The fourth-order valence-corrected chi connectivity index (χ4v) is 1.75. The summed E-state index contributed by atoms with van der Waals surface area (Å²) in [6, 6.07) is 3.20. The van der Waals surface area contributed by atoms with Gasteiger partial charge in [0, 0.05) is 4.47 Å². The van der Waals surface area contributed by atoms with Crippen LogP contribution in [0.3, 0.4) is 0 Å². The van der Waals surface area contributed by atoms with E-state index in [1.807, 2.05) is 0 Å². The third-order valence-corrected chi connectivity index (χ3v) is 2.55. The lowest BCUT2D eigenvalue weighted by atomic mass is 10.1. The molecule has 1 atom stereocenters. The molecule has 17 heavy (non-hydrogen) atoms. The number of Topliss-reactive ketones (excluding diaryl/α,β-unsaturated/α-hetero) is 1. The second kappa shape index (κ2) is 6.00. The van der Waals surface area contributed by atoms with Crippen LogP contribution in [0, 0.1) is 0 Å². The molecule has 0 aromatic heterocycles. The number of anilines is 1. The summed E-state index contributed by atoms with van der Waals surface area (Å²) in [6.07, 6.45) is -1.00. The molecule has 1 rings (SSSR count). The molecule has 0 heterocycles. The summed E-state index contributed by atoms with van der Waals surface area (Å²) >= 11 is 3.23. The number of nitrogen functional groups attached to an aromatic ring is 1. The van der Waals surface area contributed by atoms with Crippen LogP contribution in [-0.4, -0.2) is 35.3 Å². The first kappa shape index (κ1) is 14.0. The van der Waals surface area contributed by atoms with Crippen molar-refractivity contribution in [3.8, 4) is 5.75 Å². The summed E-state index contributed by atoms with van der Waals surface area (Å²) in [7, 11) is 0. The highest BCUT2D eigenvalue weighted by Crippen LogP contribution is 2.31. The molecule has 1 aromatic carbocycles. The van der Waals surface area contributed by atoms with E-state index in [4.69, 9.17) is 15.6 Å². The quantitative estimate of drug-likeness (QED) is 0.557. The molecule has 0 fully saturated rings. The lowest BCUT2D eigenvalue weighted by molar-refractivity contribution is 0.0534. The van der Waals surface area contributed by atoms with Gasteiger partial charge in [0.15, 0.2) is 11.5 Å². The third-order valence-electron chi connectivity index (χ3n) is 2.09. The molecule has 0 saturated heterocycles. The normalized spacial score (nSPS) is 12.2. The molecule has 94 valence electrons. The molecular weight excluding hydrogens is 290 g/mol. The molecule has 0 aliphatic carbocycles. The van der Waals surface area contributed by atoms with E-state index in [1.165, 1.54) is 6.92 Å². The van der Waals surface area contributed by atoms with Crippen molar-refractivity contribution in [2.75, 3.05) is 18.9 Å². The number of aliphatic hydroxyl groups excluding tert-OH is 2. The van der Waals surface area contributed by atoms with E-state index in [9.17, 15) is 9.90 Å². The van der Waals surface area contributed by atoms with Crippen LogP contribution in [0.5, 0.6) is 5.75 Å². The van der Waals surface area contributed by atoms with E-state index < -0.39 is 12.7 Å². The number of hydrogen-bond acceptors (Lipinski definition) is 5. The Balaban J connectivity index is 3.00. The standard InChI is InChI=1S/C11H14BrNO4/c1-6(15)9-2-7(12)3-10(13)11(9)17-5-8(16)4-14/h2-3,8,14,16H,4-5,13H2,1H3. The van der Waals surface area contributed by atoms with Gasteiger partial charge in [0.05, 0.1) is 17.9 Å². The van der Waals surface area contributed by atoms with Gasteiger partial charge in [-0.05, 0) is 19.1 Å². The van der Waals surface area contributed by atoms with Crippen LogP contribution < -0.4 is 10.5 Å². The molecule has 6 heteroatoms. The van der Waals surface area contributed by atoms with Gasteiger partial charge in [-0.1, -0.05) is 15.9 Å². The summed E-state index contributed by atoms with van der Waals surface area (Å²) < 4.78 is 5.94. The smallest absolute Gasteiger partial charge is 0.163 e. The van der Waals surface area contributed by atoms with Gasteiger partial charge >= 0.3 is 0 Å². The molecule has 1 aromatic rings. The molecule has 5 nitrogen and oxygen atoms in total. The van der Waals surface area contributed by atoms with Crippen LogP contribution in [0.2, 0.25) is 0 Å². The predicted molar refractivity (Wildman–Crippen MR) is 67.1 cm³/mol. The summed E-state index contributed by atoms with van der Waals surface area (Å²) in [5.41, 5.74) is 6.37. The minimum atomic E-state index is -1.00. The Labute approximate surface area is 107 Å². The summed E-state index contributed by atoms with van der Waals surface area (Å²) in [4.78, 5) is 11.4. The first-order valence-corrected chi connectivity index (χ1v) is 5.76. The van der Waals surface area contributed by atoms with Crippen molar-refractivity contribution in [3.63, 3.8) is 0 Å². The zero-order valence-corrected chi connectivity index (χ0v) is 10.9. The topological polar surface area (TPSA) is 92.8 Å². The van der Waals surface area contributed by atoms with E-state index in [0.717, 1.165) is 0 Å². The molecule has 0 saturated carbocycles. The van der Waals surface area contributed by atoms with Gasteiger partial charge in [0.1, 0.15) is 12.7 Å². The Morgan fingerprint density at radius 1 is 1.59 bits per heavy atom. The van der Waals surface area contributed by atoms with Gasteiger partial charge in [-0.3, -0.25) is 4.79 Å². The van der Waals surface area contributed by atoms with Gasteiger partial charge in [0.2, 0.25) is 0 Å². The van der Waals surface area contributed by atoms with Gasteiger partial charge in [-0.15, -0.1) is 0 Å². The van der Waals surface area contributed by atoms with Gasteiger partial charge < -0.3 is 20.7 Å². The monoisotopic (exact) mass is 303 g/mol. The van der Waals surface area contributed by atoms with Crippen molar-refractivity contribution in [1.29, 1.82) is 0 Å². The van der Waals surface area contributed by atoms with Gasteiger partial charge in [-0.2, -0.15) is 0 Å². The minimum absolute atomic E-state index is 0.122. The average Bonchev–Trinajstić information content (AvgIpc) is 2.26. The van der Waals surface area contributed by atoms with Crippen molar-refractivity contribution in [1.82, 2.24) is 0 Å². The molecule has 0 amide bonds. The van der Waals surface area contributed by atoms with E-state index in [1.54, 1.807) is 12.1 Å². The Morgan fingerprint density at radius 3 is 2.76 bits per heavy atom. The zero-order valence-electron chi connectivity index (χ0n) is 9.31. The Kier molecular flexibility index (Phi) is 4.92. The highest BCUT2D eigenvalue weighted by molar-refractivity contribution is 9.10. The van der Waals surface area contributed by atoms with Crippen LogP contribution in [0.1, 0.15) is 17.3 Å². The first-order valence-electron chi connectivity index (χ1n) is 4.97. The first-order chi connectivity index (χ1) is 7.95. The molecule has 0 bridgehead atoms. The number of hydrogen-bond donors (Lipinski definition) is 3. The fraction of sp³-hybridized carbons (Fsp3) is 0.364. The van der Waals surface area contributed by atoms with Crippen molar-refractivity contribution in [2.24, 2.45) is 0 Å². The third kappa shape index (κ3) is 3.69. The molecule has 4 N–H and O–H groups in total. The van der Waals surface area contributed by atoms with Crippen molar-refractivity contribution >= 4 is 27.4 Å². The lowest BCUT2D eigenvalue weighted by Crippen LogP contribution is -2.22. The van der Waals surface area contributed by atoms with Crippen molar-refractivity contribution in [3.05, 3.63) is 22.2 Å². The molecule has 1 unspecified atom stereocenters. The molecule has 0 aliphatic rings. The Bertz CT molecular complexity index is 422. The predicted octanol–water partition coefficient (Wildman–Crippen LogP) is 0.966. The maximum absolute atomic E-state index is 11.4. The van der Waals surface area contributed by atoms with Crippen LogP contribution >= 0.6 is 15.9 Å². The molecule has 0 radical (unpaired) electrons. The fourth-order valence-electron chi connectivity index (χ4n) is 1.27. The lowest BCUT2D eigenvalue weighted by Gasteiger charge is -2.14. The largest absolute Gasteiger partial charge is 0.488 e. The number of nitrogens with two attached hydrogens (primary N) is 1. The number of ether oxygens (including phenoxy) is 1. The van der Waals surface area contributed by atoms with Crippen molar-refractivity contribution < 1.29 is 19.7 Å². The average molecular weight is 304 g/mol. The number of rotatable bonds is 5. The van der Waals surface area contributed by atoms with E-state index in [2.05, 4.69) is 15.9 Å². The highest BCUT2D eigenvalue weighted by Gasteiger charge is 2.15. The number of carbonyl (C=O) groups excluding carboxylic acids is 1. The maximum atomic E-state index is 11.4. The van der Waals surface area contributed by atoms with E-state index in [-0.39, 0.29) is 18.1 Å². The van der Waals surface area contributed by atoms with Gasteiger partial charge in [0.25, 0.3) is 0 Å². The summed E-state index contributed by atoms with van der Waals surface area (Å²) in [6.45, 7) is 0.866. The second-order valence-electron chi connectivity index (χ2n) is 3.58. The second-order valence-corrected chi connectivity index (χ2v) is 4.49. The summed E-state index contributed by atoms with van der Waals surface area (Å²) in [5.74, 6) is 0.0414. The van der Waals surface area contributed by atoms with Gasteiger partial charge in [-0.25, -0.2) is 0 Å². The number of benzene rings is 1. The van der Waals surface area contributed by atoms with Crippen LogP contribution in [0.15, 0.2) is 16.6 Å². The number of carbonyl (C=O) groups is 1. The SMILES string of the molecule is CC(=O)c1cc(Br)cc(N)c1OCC(O)CO. The van der Waals surface area contributed by atoms with E-state index >= 15 is 0 Å². The Morgan fingerprint density at radius 2 is 2.24 bits per heavy atom. The number of ketones is 1. The molecule has 0 aliphatic heterocycles. The minimum Gasteiger partial charge on any atom is -0.488 e. The number of halogens is 1. The van der Waals surface area contributed by atoms with Crippen LogP contribution in [-0.2, 0) is 0 Å². The zero-order chi connectivity index (χ0) is 13.0. The van der Waals surface area contributed by atoms with E-state index in [0.29, 0.717) is 15.7 Å². The highest BCUT2D eigenvalue weighted by atomic mass is 79.9. The number of aliphatic hydroxyl groups is 2. The van der Waals surface area contributed by atoms with Crippen LogP contribution in [0.4, 0.5) is 5.69 Å². The maximum Gasteiger partial charge on any atom is 0.163 e.